The zero-order chi connectivity index (χ0) is 20.6. The summed E-state index contributed by atoms with van der Waals surface area (Å²) >= 11 is 5.85. The Kier molecular flexibility index (Phi) is 7.36. The van der Waals surface area contributed by atoms with Crippen LogP contribution in [0.3, 0.4) is 0 Å². The minimum absolute atomic E-state index is 0.0111. The molecule has 7 heteroatoms. The summed E-state index contributed by atoms with van der Waals surface area (Å²) in [6.45, 7) is 3.06. The lowest BCUT2D eigenvalue weighted by Gasteiger charge is -2.32. The largest absolute Gasteiger partial charge is 0.481 e. The molecule has 1 fully saturated rings. The van der Waals surface area contributed by atoms with Crippen molar-refractivity contribution in [1.29, 1.82) is 0 Å². The monoisotopic (exact) mass is 416 g/mol. The van der Waals surface area contributed by atoms with Crippen molar-refractivity contribution < 1.29 is 19.1 Å². The van der Waals surface area contributed by atoms with Crippen molar-refractivity contribution in [2.45, 2.75) is 38.5 Å². The molecule has 1 atom stereocenters. The summed E-state index contributed by atoms with van der Waals surface area (Å²) in [6.07, 6.45) is 0.419. The Hall–Kier alpha value is -2.73. The van der Waals surface area contributed by atoms with E-state index in [4.69, 9.17) is 21.1 Å². The molecule has 2 aromatic rings. The van der Waals surface area contributed by atoms with Gasteiger partial charge in [0.15, 0.2) is 6.10 Å². The SMILES string of the molecule is CC(Oc1ccc(Cl)cc1)C(=O)NC1CCN(C(=O)OCc2ccccc2)CC1. The van der Waals surface area contributed by atoms with E-state index in [1.54, 1.807) is 36.1 Å². The fourth-order valence-corrected chi connectivity index (χ4v) is 3.23. The predicted octanol–water partition coefficient (Wildman–Crippen LogP) is 4.02. The number of halogens is 1. The fraction of sp³-hybridized carbons (Fsp3) is 0.364. The first-order valence-corrected chi connectivity index (χ1v) is 10.1. The van der Waals surface area contributed by atoms with E-state index in [-0.39, 0.29) is 24.6 Å². The molecule has 1 aliphatic heterocycles. The highest BCUT2D eigenvalue weighted by Crippen LogP contribution is 2.17. The summed E-state index contributed by atoms with van der Waals surface area (Å²) in [7, 11) is 0. The molecule has 3 rings (SSSR count). The van der Waals surface area contributed by atoms with E-state index in [0.29, 0.717) is 36.7 Å². The molecule has 1 heterocycles. The van der Waals surface area contributed by atoms with Gasteiger partial charge in [-0.05, 0) is 49.6 Å². The maximum atomic E-state index is 12.4. The Labute approximate surface area is 175 Å². The number of ether oxygens (including phenoxy) is 2. The first kappa shape index (κ1) is 21.0. The minimum atomic E-state index is -0.620. The number of amides is 2. The van der Waals surface area contributed by atoms with Crippen molar-refractivity contribution in [3.8, 4) is 5.75 Å². The Morgan fingerprint density at radius 2 is 1.76 bits per heavy atom. The van der Waals surface area contributed by atoms with Crippen LogP contribution in [0, 0.1) is 0 Å². The maximum Gasteiger partial charge on any atom is 0.410 e. The quantitative estimate of drug-likeness (QED) is 0.772. The third-order valence-electron chi connectivity index (χ3n) is 4.80. The van der Waals surface area contributed by atoms with Crippen LogP contribution in [0.15, 0.2) is 54.6 Å². The number of piperidine rings is 1. The highest BCUT2D eigenvalue weighted by atomic mass is 35.5. The average molecular weight is 417 g/mol. The number of carbonyl (C=O) groups excluding carboxylic acids is 2. The standard InChI is InChI=1S/C22H25ClN2O4/c1-16(29-20-9-7-18(23)8-10-20)21(26)24-19-11-13-25(14-12-19)22(27)28-15-17-5-3-2-4-6-17/h2-10,16,19H,11-15H2,1H3,(H,24,26). The van der Waals surface area contributed by atoms with Gasteiger partial charge in [0.1, 0.15) is 12.4 Å². The molecule has 1 saturated heterocycles. The number of benzene rings is 2. The molecule has 0 bridgehead atoms. The normalized spacial score (nSPS) is 15.4. The Morgan fingerprint density at radius 1 is 1.10 bits per heavy atom. The van der Waals surface area contributed by atoms with Gasteiger partial charge in [0.2, 0.25) is 0 Å². The molecule has 0 aliphatic carbocycles. The molecule has 154 valence electrons. The first-order chi connectivity index (χ1) is 14.0. The number of nitrogens with one attached hydrogen (secondary N) is 1. The molecule has 1 N–H and O–H groups in total. The van der Waals surface area contributed by atoms with Crippen LogP contribution in [0.4, 0.5) is 4.79 Å². The zero-order valence-electron chi connectivity index (χ0n) is 16.3. The van der Waals surface area contributed by atoms with Crippen LogP contribution < -0.4 is 10.1 Å². The summed E-state index contributed by atoms with van der Waals surface area (Å²) < 4.78 is 11.0. The molecule has 1 unspecified atom stereocenters. The molecular formula is C22H25ClN2O4. The molecular weight excluding hydrogens is 392 g/mol. The Balaban J connectivity index is 1.39. The third-order valence-corrected chi connectivity index (χ3v) is 5.05. The molecule has 2 aromatic carbocycles. The lowest BCUT2D eigenvalue weighted by Crippen LogP contribution is -2.49. The van der Waals surface area contributed by atoms with Crippen LogP contribution in [0.2, 0.25) is 5.02 Å². The molecule has 0 saturated carbocycles. The first-order valence-electron chi connectivity index (χ1n) is 9.69. The summed E-state index contributed by atoms with van der Waals surface area (Å²) in [5.74, 6) is 0.415. The number of hydrogen-bond acceptors (Lipinski definition) is 4. The van der Waals surface area contributed by atoms with Gasteiger partial charge in [-0.3, -0.25) is 4.79 Å². The van der Waals surface area contributed by atoms with E-state index in [1.165, 1.54) is 0 Å². The highest BCUT2D eigenvalue weighted by Gasteiger charge is 2.26. The maximum absolute atomic E-state index is 12.4. The molecule has 0 radical (unpaired) electrons. The molecule has 0 spiro atoms. The third kappa shape index (κ3) is 6.39. The van der Waals surface area contributed by atoms with E-state index in [9.17, 15) is 9.59 Å². The van der Waals surface area contributed by atoms with Crippen LogP contribution in [0.1, 0.15) is 25.3 Å². The average Bonchev–Trinajstić information content (AvgIpc) is 2.75. The van der Waals surface area contributed by atoms with Crippen LogP contribution in [-0.4, -0.2) is 42.1 Å². The van der Waals surface area contributed by atoms with Crippen molar-refractivity contribution in [3.63, 3.8) is 0 Å². The van der Waals surface area contributed by atoms with Gasteiger partial charge in [0.25, 0.3) is 5.91 Å². The van der Waals surface area contributed by atoms with Crippen LogP contribution in [0.5, 0.6) is 5.75 Å². The van der Waals surface area contributed by atoms with E-state index >= 15 is 0 Å². The molecule has 29 heavy (non-hydrogen) atoms. The van der Waals surface area contributed by atoms with Gasteiger partial charge in [0.05, 0.1) is 0 Å². The number of likely N-dealkylation sites (tertiary alicyclic amines) is 1. The van der Waals surface area contributed by atoms with Gasteiger partial charge < -0.3 is 19.7 Å². The summed E-state index contributed by atoms with van der Waals surface area (Å²) in [4.78, 5) is 26.3. The van der Waals surface area contributed by atoms with Crippen molar-refractivity contribution in [3.05, 3.63) is 65.2 Å². The van der Waals surface area contributed by atoms with Gasteiger partial charge in [-0.15, -0.1) is 0 Å². The van der Waals surface area contributed by atoms with Crippen molar-refractivity contribution in [2.75, 3.05) is 13.1 Å². The van der Waals surface area contributed by atoms with Crippen molar-refractivity contribution in [1.82, 2.24) is 10.2 Å². The lowest BCUT2D eigenvalue weighted by atomic mass is 10.1. The topological polar surface area (TPSA) is 67.9 Å². The number of rotatable bonds is 6. The van der Waals surface area contributed by atoms with Gasteiger partial charge >= 0.3 is 6.09 Å². The molecule has 2 amide bonds. The molecule has 0 aromatic heterocycles. The van der Waals surface area contributed by atoms with Crippen molar-refractivity contribution >= 4 is 23.6 Å². The van der Waals surface area contributed by atoms with E-state index in [2.05, 4.69) is 5.32 Å². The fourth-order valence-electron chi connectivity index (χ4n) is 3.11. The summed E-state index contributed by atoms with van der Waals surface area (Å²) in [5.41, 5.74) is 0.956. The van der Waals surface area contributed by atoms with E-state index < -0.39 is 6.10 Å². The smallest absolute Gasteiger partial charge is 0.410 e. The predicted molar refractivity (Wildman–Crippen MR) is 111 cm³/mol. The Morgan fingerprint density at radius 3 is 2.41 bits per heavy atom. The van der Waals surface area contributed by atoms with Gasteiger partial charge in [-0.25, -0.2) is 4.79 Å². The van der Waals surface area contributed by atoms with Crippen molar-refractivity contribution in [2.24, 2.45) is 0 Å². The van der Waals surface area contributed by atoms with Crippen LogP contribution in [-0.2, 0) is 16.1 Å². The molecule has 1 aliphatic rings. The van der Waals surface area contributed by atoms with E-state index in [0.717, 1.165) is 5.56 Å². The summed E-state index contributed by atoms with van der Waals surface area (Å²) in [5, 5.41) is 3.61. The highest BCUT2D eigenvalue weighted by molar-refractivity contribution is 6.30. The number of carbonyl (C=O) groups is 2. The second-order valence-electron chi connectivity index (χ2n) is 7.02. The lowest BCUT2D eigenvalue weighted by molar-refractivity contribution is -0.128. The summed E-state index contributed by atoms with van der Waals surface area (Å²) in [6, 6.07) is 16.5. The molecule has 6 nitrogen and oxygen atoms in total. The second kappa shape index (κ2) is 10.2. The number of nitrogens with zero attached hydrogens (tertiary/aromatic N) is 1. The van der Waals surface area contributed by atoms with Gasteiger partial charge in [-0.2, -0.15) is 0 Å². The Bertz CT molecular complexity index is 805. The van der Waals surface area contributed by atoms with Crippen LogP contribution >= 0.6 is 11.6 Å². The zero-order valence-corrected chi connectivity index (χ0v) is 17.1. The van der Waals surface area contributed by atoms with E-state index in [1.807, 2.05) is 30.3 Å². The number of hydrogen-bond donors (Lipinski definition) is 1. The van der Waals surface area contributed by atoms with Crippen LogP contribution in [0.25, 0.3) is 0 Å². The van der Waals surface area contributed by atoms with Gasteiger partial charge in [-0.1, -0.05) is 41.9 Å². The second-order valence-corrected chi connectivity index (χ2v) is 7.46. The minimum Gasteiger partial charge on any atom is -0.481 e. The van der Waals surface area contributed by atoms with Gasteiger partial charge in [0, 0.05) is 24.2 Å².